The first kappa shape index (κ1) is 21.0. The zero-order chi connectivity index (χ0) is 22.3. The fraction of sp³-hybridized carbons (Fsp3) is 0.333. The number of fused-ring (bicyclic) bond motifs is 1. The minimum absolute atomic E-state index is 0.0285. The third kappa shape index (κ3) is 4.02. The molecule has 2 aliphatic heterocycles. The summed E-state index contributed by atoms with van der Waals surface area (Å²) in [6, 6.07) is 5.85. The van der Waals surface area contributed by atoms with Gasteiger partial charge in [0.25, 0.3) is 0 Å². The van der Waals surface area contributed by atoms with Crippen molar-refractivity contribution in [2.24, 2.45) is 5.73 Å². The minimum atomic E-state index is -4.45. The quantitative estimate of drug-likeness (QED) is 0.770. The molecule has 2 aromatic rings. The number of halogens is 3. The average Bonchev–Trinajstić information content (AvgIpc) is 3.15. The number of hydrogen-bond donors (Lipinski definition) is 2. The number of nitrogens with zero attached hydrogens (tertiary/aromatic N) is 1. The van der Waals surface area contributed by atoms with Crippen LogP contribution in [0, 0.1) is 6.92 Å². The second-order valence-corrected chi connectivity index (χ2v) is 7.42. The van der Waals surface area contributed by atoms with Gasteiger partial charge in [0.05, 0.1) is 24.4 Å². The number of rotatable bonds is 4. The number of carbonyl (C=O) groups is 2. The molecule has 0 radical (unpaired) electrons. The van der Waals surface area contributed by atoms with Crippen molar-refractivity contribution in [3.05, 3.63) is 47.0 Å². The topological polar surface area (TPSA) is 93.9 Å². The molecule has 4 rings (SSSR count). The largest absolute Gasteiger partial charge is 0.491 e. The lowest BCUT2D eigenvalue weighted by atomic mass is 10.1. The van der Waals surface area contributed by atoms with E-state index in [-0.39, 0.29) is 30.3 Å². The van der Waals surface area contributed by atoms with Crippen LogP contribution in [0.25, 0.3) is 0 Å². The molecule has 31 heavy (non-hydrogen) atoms. The predicted octanol–water partition coefficient (Wildman–Crippen LogP) is 2.53. The van der Waals surface area contributed by atoms with E-state index in [0.717, 1.165) is 11.6 Å². The van der Waals surface area contributed by atoms with Crippen molar-refractivity contribution in [1.29, 1.82) is 0 Å². The number of alkyl halides is 3. The number of nitrogens with one attached hydrogen (secondary N) is 1. The Balaban J connectivity index is 1.72. The summed E-state index contributed by atoms with van der Waals surface area (Å²) in [4.78, 5) is 25.8. The normalized spacial score (nSPS) is 18.5. The van der Waals surface area contributed by atoms with Crippen LogP contribution in [0.5, 0.6) is 17.2 Å². The molecule has 164 valence electrons. The zero-order valence-electron chi connectivity index (χ0n) is 16.6. The molecule has 0 bridgehead atoms. The fourth-order valence-corrected chi connectivity index (χ4v) is 3.85. The maximum atomic E-state index is 13.0. The van der Waals surface area contributed by atoms with Gasteiger partial charge in [0.1, 0.15) is 23.3 Å². The average molecular weight is 435 g/mol. The highest BCUT2D eigenvalue weighted by atomic mass is 19.4. The maximum absolute atomic E-state index is 13.0. The van der Waals surface area contributed by atoms with Crippen LogP contribution < -0.4 is 25.4 Å². The van der Waals surface area contributed by atoms with Crippen LogP contribution in [0.4, 0.5) is 18.9 Å². The summed E-state index contributed by atoms with van der Waals surface area (Å²) in [5.41, 5.74) is 5.90. The lowest BCUT2D eigenvalue weighted by Gasteiger charge is -2.35. The Labute approximate surface area is 175 Å². The number of ether oxygens (including phenoxy) is 2. The van der Waals surface area contributed by atoms with Gasteiger partial charge < -0.3 is 20.5 Å². The molecule has 3 N–H and O–H groups in total. The smallest absolute Gasteiger partial charge is 0.416 e. The number of primary amides is 1. The second kappa shape index (κ2) is 7.77. The molecule has 2 aromatic carbocycles. The molecule has 10 heteroatoms. The number of piperazine rings is 1. The molecule has 2 amide bonds. The summed E-state index contributed by atoms with van der Waals surface area (Å²) >= 11 is 0. The number of amides is 2. The van der Waals surface area contributed by atoms with Gasteiger partial charge in [-0.15, -0.1) is 0 Å². The molecular formula is C21H20F3N3O4. The minimum Gasteiger partial charge on any atom is -0.491 e. The number of hydrogen-bond acceptors (Lipinski definition) is 5. The summed E-state index contributed by atoms with van der Waals surface area (Å²) in [6.07, 6.45) is -3.89. The van der Waals surface area contributed by atoms with Gasteiger partial charge >= 0.3 is 6.18 Å². The van der Waals surface area contributed by atoms with Gasteiger partial charge in [0, 0.05) is 24.6 Å². The standard InChI is InChI=1S/C21H20F3N3O4/c1-11-6-13(2-3-15(11)21(22,23)24)31-14-7-12-4-5-30-19(12)16(8-14)27-17(20(25)29)9-26-10-18(27)28/h2-3,6-8,17,26H,4-5,9-10H2,1H3,(H2,25,29). The van der Waals surface area contributed by atoms with E-state index in [1.165, 1.54) is 30.0 Å². The van der Waals surface area contributed by atoms with Crippen LogP contribution in [-0.2, 0) is 22.2 Å². The molecule has 1 atom stereocenters. The molecular weight excluding hydrogens is 415 g/mol. The number of aryl methyl sites for hydroxylation is 1. The van der Waals surface area contributed by atoms with E-state index in [0.29, 0.717) is 30.2 Å². The van der Waals surface area contributed by atoms with E-state index in [1.54, 1.807) is 6.07 Å². The number of carbonyl (C=O) groups excluding carboxylic acids is 2. The van der Waals surface area contributed by atoms with Gasteiger partial charge in [0.15, 0.2) is 0 Å². The van der Waals surface area contributed by atoms with Crippen LogP contribution in [0.3, 0.4) is 0 Å². The monoisotopic (exact) mass is 435 g/mol. The summed E-state index contributed by atoms with van der Waals surface area (Å²) in [5, 5.41) is 2.86. The number of anilines is 1. The van der Waals surface area contributed by atoms with Gasteiger partial charge in [-0.1, -0.05) is 0 Å². The van der Waals surface area contributed by atoms with Gasteiger partial charge in [-0.2, -0.15) is 13.2 Å². The molecule has 1 fully saturated rings. The Kier molecular flexibility index (Phi) is 5.26. The van der Waals surface area contributed by atoms with Gasteiger partial charge in [-0.25, -0.2) is 0 Å². The molecule has 7 nitrogen and oxygen atoms in total. The van der Waals surface area contributed by atoms with Crippen molar-refractivity contribution in [2.45, 2.75) is 25.6 Å². The molecule has 0 aromatic heterocycles. The van der Waals surface area contributed by atoms with Gasteiger partial charge in [-0.05, 0) is 36.8 Å². The Hall–Kier alpha value is -3.27. The first-order valence-electron chi connectivity index (χ1n) is 9.62. The summed E-state index contributed by atoms with van der Waals surface area (Å²) in [5.74, 6) is -0.0222. The molecule has 0 spiro atoms. The molecule has 2 aliphatic rings. The lowest BCUT2D eigenvalue weighted by molar-refractivity contribution is -0.138. The number of benzene rings is 2. The second-order valence-electron chi connectivity index (χ2n) is 7.42. The van der Waals surface area contributed by atoms with Gasteiger partial charge in [0.2, 0.25) is 11.8 Å². The van der Waals surface area contributed by atoms with E-state index in [2.05, 4.69) is 5.32 Å². The third-order valence-corrected chi connectivity index (χ3v) is 5.26. The highest BCUT2D eigenvalue weighted by Gasteiger charge is 2.37. The van der Waals surface area contributed by atoms with E-state index < -0.39 is 23.7 Å². The highest BCUT2D eigenvalue weighted by Crippen LogP contribution is 2.42. The van der Waals surface area contributed by atoms with Crippen molar-refractivity contribution in [3.8, 4) is 17.2 Å². The third-order valence-electron chi connectivity index (χ3n) is 5.26. The Morgan fingerprint density at radius 2 is 2.03 bits per heavy atom. The van der Waals surface area contributed by atoms with Crippen molar-refractivity contribution in [2.75, 3.05) is 24.6 Å². The molecule has 1 saturated heterocycles. The summed E-state index contributed by atoms with van der Waals surface area (Å²) in [7, 11) is 0. The number of nitrogens with two attached hydrogens (primary N) is 1. The van der Waals surface area contributed by atoms with Crippen molar-refractivity contribution in [3.63, 3.8) is 0 Å². The van der Waals surface area contributed by atoms with E-state index in [4.69, 9.17) is 15.2 Å². The maximum Gasteiger partial charge on any atom is 0.416 e. The van der Waals surface area contributed by atoms with Crippen molar-refractivity contribution >= 4 is 17.5 Å². The fourth-order valence-electron chi connectivity index (χ4n) is 3.85. The van der Waals surface area contributed by atoms with E-state index in [9.17, 15) is 22.8 Å². The SMILES string of the molecule is Cc1cc(Oc2cc3c(c(N4C(=O)CNCC4C(N)=O)c2)OCC3)ccc1C(F)(F)F. The van der Waals surface area contributed by atoms with E-state index in [1.807, 2.05) is 0 Å². The Morgan fingerprint density at radius 3 is 2.71 bits per heavy atom. The van der Waals surface area contributed by atoms with E-state index >= 15 is 0 Å². The van der Waals surface area contributed by atoms with Crippen LogP contribution in [0.1, 0.15) is 16.7 Å². The predicted molar refractivity (Wildman–Crippen MR) is 105 cm³/mol. The highest BCUT2D eigenvalue weighted by molar-refractivity contribution is 6.04. The lowest BCUT2D eigenvalue weighted by Crippen LogP contribution is -2.60. The molecule has 2 heterocycles. The Bertz CT molecular complexity index is 1050. The summed E-state index contributed by atoms with van der Waals surface area (Å²) in [6.45, 7) is 1.97. The van der Waals surface area contributed by atoms with Crippen LogP contribution in [0.2, 0.25) is 0 Å². The summed E-state index contributed by atoms with van der Waals surface area (Å²) < 4.78 is 50.6. The van der Waals surface area contributed by atoms with Crippen molar-refractivity contribution < 1.29 is 32.2 Å². The van der Waals surface area contributed by atoms with Crippen LogP contribution in [0.15, 0.2) is 30.3 Å². The zero-order valence-corrected chi connectivity index (χ0v) is 16.6. The van der Waals surface area contributed by atoms with Crippen molar-refractivity contribution in [1.82, 2.24) is 5.32 Å². The Morgan fingerprint density at radius 1 is 1.26 bits per heavy atom. The van der Waals surface area contributed by atoms with Crippen LogP contribution in [-0.4, -0.2) is 37.6 Å². The molecule has 0 aliphatic carbocycles. The first-order chi connectivity index (χ1) is 14.6. The first-order valence-corrected chi connectivity index (χ1v) is 9.62. The van der Waals surface area contributed by atoms with Crippen LogP contribution >= 0.6 is 0 Å². The molecule has 0 saturated carbocycles. The molecule has 1 unspecified atom stereocenters. The van der Waals surface area contributed by atoms with Gasteiger partial charge in [-0.3, -0.25) is 14.5 Å².